The highest BCUT2D eigenvalue weighted by Gasteiger charge is 2.21. The first-order valence-electron chi connectivity index (χ1n) is 9.71. The number of benzene rings is 3. The van der Waals surface area contributed by atoms with Gasteiger partial charge in [-0.25, -0.2) is 0 Å². The van der Waals surface area contributed by atoms with E-state index in [9.17, 15) is 9.59 Å². The van der Waals surface area contributed by atoms with Crippen LogP contribution in [0.25, 0.3) is 10.8 Å². The van der Waals surface area contributed by atoms with Crippen LogP contribution in [0.4, 0.5) is 11.4 Å². The van der Waals surface area contributed by atoms with Crippen LogP contribution < -0.4 is 10.6 Å². The maximum Gasteiger partial charge on any atom is 0.241 e. The van der Waals surface area contributed by atoms with Crippen molar-refractivity contribution < 1.29 is 9.59 Å². The molecule has 1 atom stereocenters. The third kappa shape index (κ3) is 4.81. The third-order valence-corrected chi connectivity index (χ3v) is 5.23. The van der Waals surface area contributed by atoms with Gasteiger partial charge in [0.2, 0.25) is 11.8 Å². The molecular weight excluding hydrogens is 362 g/mol. The molecule has 0 radical (unpaired) electrons. The van der Waals surface area contributed by atoms with Crippen LogP contribution in [-0.2, 0) is 9.59 Å². The molecule has 0 aromatic heterocycles. The highest BCUT2D eigenvalue weighted by molar-refractivity contribution is 6.04. The van der Waals surface area contributed by atoms with Gasteiger partial charge in [-0.3, -0.25) is 14.5 Å². The second-order valence-electron chi connectivity index (χ2n) is 7.42. The molecule has 0 spiro atoms. The number of para-hydroxylation sites is 1. The number of anilines is 2. The van der Waals surface area contributed by atoms with E-state index >= 15 is 0 Å². The van der Waals surface area contributed by atoms with Crippen LogP contribution in [0.1, 0.15) is 18.1 Å². The summed E-state index contributed by atoms with van der Waals surface area (Å²) in [6.07, 6.45) is 0. The zero-order valence-electron chi connectivity index (χ0n) is 17.3. The Labute approximate surface area is 171 Å². The molecule has 1 unspecified atom stereocenters. The van der Waals surface area contributed by atoms with Gasteiger partial charge in [-0.1, -0.05) is 54.6 Å². The standard InChI is InChI=1S/C24H27N3O2/c1-16-9-7-10-17(2)23(16)26-22(28)15-27(4)18(3)24(29)25-21-14-8-12-19-11-5-6-13-20(19)21/h5-14,18H,15H2,1-4H3,(H,25,29)(H,26,28). The maximum atomic E-state index is 12.8. The van der Waals surface area contributed by atoms with E-state index in [4.69, 9.17) is 0 Å². The van der Waals surface area contributed by atoms with Gasteiger partial charge in [0.15, 0.2) is 0 Å². The Kier molecular flexibility index (Phi) is 6.29. The minimum Gasteiger partial charge on any atom is -0.324 e. The second-order valence-corrected chi connectivity index (χ2v) is 7.42. The molecule has 3 rings (SSSR count). The molecule has 0 saturated carbocycles. The first-order valence-corrected chi connectivity index (χ1v) is 9.71. The summed E-state index contributed by atoms with van der Waals surface area (Å²) in [5, 5.41) is 8.02. The molecule has 150 valence electrons. The molecule has 2 amide bonds. The van der Waals surface area contributed by atoms with Gasteiger partial charge in [0.05, 0.1) is 12.6 Å². The minimum atomic E-state index is -0.460. The van der Waals surface area contributed by atoms with Crippen LogP contribution in [0.15, 0.2) is 60.7 Å². The Hall–Kier alpha value is -3.18. The fraction of sp³-hybridized carbons (Fsp3) is 0.250. The van der Waals surface area contributed by atoms with E-state index in [1.165, 1.54) is 0 Å². The predicted octanol–water partition coefficient (Wildman–Crippen LogP) is 4.35. The van der Waals surface area contributed by atoms with E-state index in [2.05, 4.69) is 10.6 Å². The number of nitrogens with one attached hydrogen (secondary N) is 2. The molecule has 5 nitrogen and oxygen atoms in total. The number of nitrogens with zero attached hydrogens (tertiary/aromatic N) is 1. The number of carbonyl (C=O) groups is 2. The van der Waals surface area contributed by atoms with Gasteiger partial charge in [-0.05, 0) is 50.4 Å². The molecule has 29 heavy (non-hydrogen) atoms. The lowest BCUT2D eigenvalue weighted by Crippen LogP contribution is -2.43. The summed E-state index contributed by atoms with van der Waals surface area (Å²) >= 11 is 0. The van der Waals surface area contributed by atoms with Crippen LogP contribution in [0.3, 0.4) is 0 Å². The number of amides is 2. The van der Waals surface area contributed by atoms with Crippen LogP contribution in [0.5, 0.6) is 0 Å². The van der Waals surface area contributed by atoms with Crippen molar-refractivity contribution in [2.24, 2.45) is 0 Å². The van der Waals surface area contributed by atoms with E-state index < -0.39 is 6.04 Å². The van der Waals surface area contributed by atoms with Crippen molar-refractivity contribution >= 4 is 34.0 Å². The molecule has 5 heteroatoms. The van der Waals surface area contributed by atoms with Crippen molar-refractivity contribution in [3.63, 3.8) is 0 Å². The van der Waals surface area contributed by atoms with Crippen molar-refractivity contribution in [1.82, 2.24) is 4.90 Å². The van der Waals surface area contributed by atoms with Gasteiger partial charge in [0.1, 0.15) is 0 Å². The molecule has 0 bridgehead atoms. The highest BCUT2D eigenvalue weighted by atomic mass is 16.2. The van der Waals surface area contributed by atoms with Gasteiger partial charge in [-0.15, -0.1) is 0 Å². The van der Waals surface area contributed by atoms with Crippen molar-refractivity contribution in [3.8, 4) is 0 Å². The predicted molar refractivity (Wildman–Crippen MR) is 119 cm³/mol. The normalized spacial score (nSPS) is 12.0. The zero-order valence-corrected chi connectivity index (χ0v) is 17.3. The van der Waals surface area contributed by atoms with Gasteiger partial charge in [0, 0.05) is 16.8 Å². The first kappa shape index (κ1) is 20.6. The van der Waals surface area contributed by atoms with Crippen molar-refractivity contribution in [1.29, 1.82) is 0 Å². The summed E-state index contributed by atoms with van der Waals surface area (Å²) in [5.41, 5.74) is 3.64. The molecule has 0 aliphatic carbocycles. The van der Waals surface area contributed by atoms with E-state index in [1.54, 1.807) is 18.9 Å². The smallest absolute Gasteiger partial charge is 0.241 e. The number of hydrogen-bond donors (Lipinski definition) is 2. The lowest BCUT2D eigenvalue weighted by atomic mass is 10.1. The molecule has 2 N–H and O–H groups in total. The molecule has 3 aromatic carbocycles. The SMILES string of the molecule is Cc1cccc(C)c1NC(=O)CN(C)C(C)C(=O)Nc1cccc2ccccc12. The van der Waals surface area contributed by atoms with E-state index in [1.807, 2.05) is 74.5 Å². The number of fused-ring (bicyclic) bond motifs is 1. The molecular formula is C24H27N3O2. The molecule has 3 aromatic rings. The van der Waals surface area contributed by atoms with E-state index in [0.717, 1.165) is 33.3 Å². The third-order valence-electron chi connectivity index (χ3n) is 5.23. The van der Waals surface area contributed by atoms with Crippen LogP contribution >= 0.6 is 0 Å². The molecule has 0 heterocycles. The fourth-order valence-electron chi connectivity index (χ4n) is 3.33. The van der Waals surface area contributed by atoms with Gasteiger partial charge >= 0.3 is 0 Å². The van der Waals surface area contributed by atoms with Crippen LogP contribution in [0.2, 0.25) is 0 Å². The number of rotatable bonds is 6. The van der Waals surface area contributed by atoms with E-state index in [-0.39, 0.29) is 18.4 Å². The van der Waals surface area contributed by atoms with Crippen LogP contribution in [0, 0.1) is 13.8 Å². The molecule has 0 aliphatic rings. The maximum absolute atomic E-state index is 12.8. The average Bonchev–Trinajstić information content (AvgIpc) is 2.70. The first-order chi connectivity index (χ1) is 13.9. The van der Waals surface area contributed by atoms with Crippen molar-refractivity contribution in [2.75, 3.05) is 24.2 Å². The largest absolute Gasteiger partial charge is 0.324 e. The Morgan fingerprint density at radius 3 is 2.24 bits per heavy atom. The number of aryl methyl sites for hydroxylation is 2. The van der Waals surface area contributed by atoms with Gasteiger partial charge in [0.25, 0.3) is 0 Å². The fourth-order valence-corrected chi connectivity index (χ4v) is 3.33. The zero-order chi connectivity index (χ0) is 21.0. The number of hydrogen-bond acceptors (Lipinski definition) is 3. The average molecular weight is 389 g/mol. The summed E-state index contributed by atoms with van der Waals surface area (Å²) < 4.78 is 0. The lowest BCUT2D eigenvalue weighted by molar-refractivity contribution is -0.122. The monoisotopic (exact) mass is 389 g/mol. The molecule has 0 fully saturated rings. The number of likely N-dealkylation sites (N-methyl/N-ethyl adjacent to an activating group) is 1. The number of carbonyl (C=O) groups excluding carboxylic acids is 2. The van der Waals surface area contributed by atoms with Gasteiger partial charge in [-0.2, -0.15) is 0 Å². The summed E-state index contributed by atoms with van der Waals surface area (Å²) in [5.74, 6) is -0.293. The van der Waals surface area contributed by atoms with Gasteiger partial charge < -0.3 is 10.6 Å². The van der Waals surface area contributed by atoms with Crippen molar-refractivity contribution in [3.05, 3.63) is 71.8 Å². The summed E-state index contributed by atoms with van der Waals surface area (Å²) in [7, 11) is 1.78. The van der Waals surface area contributed by atoms with Crippen molar-refractivity contribution in [2.45, 2.75) is 26.8 Å². The summed E-state index contributed by atoms with van der Waals surface area (Å²) in [4.78, 5) is 27.0. The lowest BCUT2D eigenvalue weighted by Gasteiger charge is -2.24. The summed E-state index contributed by atoms with van der Waals surface area (Å²) in [6, 6.07) is 19.2. The van der Waals surface area contributed by atoms with E-state index in [0.29, 0.717) is 0 Å². The Balaban J connectivity index is 1.64. The van der Waals surface area contributed by atoms with Crippen LogP contribution in [-0.4, -0.2) is 36.3 Å². The Bertz CT molecular complexity index is 1020. The topological polar surface area (TPSA) is 61.4 Å². The molecule has 0 aliphatic heterocycles. The minimum absolute atomic E-state index is 0.123. The Morgan fingerprint density at radius 1 is 0.897 bits per heavy atom. The molecule has 0 saturated heterocycles. The Morgan fingerprint density at radius 2 is 1.52 bits per heavy atom. The quantitative estimate of drug-likeness (QED) is 0.659. The summed E-state index contributed by atoms with van der Waals surface area (Å²) in [6.45, 7) is 5.85. The second kappa shape index (κ2) is 8.88. The highest BCUT2D eigenvalue weighted by Crippen LogP contribution is 2.23.